The highest BCUT2D eigenvalue weighted by Crippen LogP contribution is 2.12. The Labute approximate surface area is 125 Å². The number of rotatable bonds is 5. The summed E-state index contributed by atoms with van der Waals surface area (Å²) in [5.74, 6) is 0.00926. The Hall–Kier alpha value is -1.33. The Morgan fingerprint density at radius 3 is 2.95 bits per heavy atom. The molecule has 1 aliphatic rings. The van der Waals surface area contributed by atoms with E-state index in [0.717, 1.165) is 19.4 Å². The van der Waals surface area contributed by atoms with Gasteiger partial charge in [0.2, 0.25) is 5.91 Å². The van der Waals surface area contributed by atoms with Crippen molar-refractivity contribution in [2.24, 2.45) is 0 Å². The zero-order valence-corrected chi connectivity index (χ0v) is 12.5. The number of hydrogen-bond acceptors (Lipinski definition) is 3. The molecule has 1 aromatic rings. The van der Waals surface area contributed by atoms with Gasteiger partial charge in [-0.1, -0.05) is 0 Å². The average molecular weight is 300 g/mol. The minimum absolute atomic E-state index is 0. The summed E-state index contributed by atoms with van der Waals surface area (Å²) in [6.45, 7) is 3.57. The summed E-state index contributed by atoms with van der Waals surface area (Å²) in [6, 6.07) is 3.62. The molecule has 0 bridgehead atoms. The Bertz CT molecular complexity index is 495. The molecule has 5 nitrogen and oxygen atoms in total. The molecule has 6 heteroatoms. The van der Waals surface area contributed by atoms with E-state index in [1.54, 1.807) is 16.8 Å². The Balaban J connectivity index is 0.00000200. The molecule has 2 heterocycles. The molecule has 2 N–H and O–H groups in total. The molecule has 1 saturated heterocycles. The molecule has 20 heavy (non-hydrogen) atoms. The summed E-state index contributed by atoms with van der Waals surface area (Å²) in [6.07, 6.45) is 5.44. The van der Waals surface area contributed by atoms with Gasteiger partial charge in [0.05, 0.1) is 5.69 Å². The first-order valence-electron chi connectivity index (χ1n) is 6.93. The van der Waals surface area contributed by atoms with Gasteiger partial charge < -0.3 is 15.2 Å². The standard InChI is InChI=1S/C14H21N3O2.ClH/c1-2-17-10-12(6-8-14(17)19)16-13(18)7-5-11-4-3-9-15-11;/h6,8,10-11,15H,2-5,7,9H2,1H3,(H,16,18);1H. The van der Waals surface area contributed by atoms with Gasteiger partial charge in [-0.05, 0) is 38.8 Å². The smallest absolute Gasteiger partial charge is 0.250 e. The van der Waals surface area contributed by atoms with Crippen LogP contribution in [0.4, 0.5) is 5.69 Å². The highest BCUT2D eigenvalue weighted by molar-refractivity contribution is 5.90. The van der Waals surface area contributed by atoms with Crippen molar-refractivity contribution in [3.05, 3.63) is 28.7 Å². The molecular weight excluding hydrogens is 278 g/mol. The van der Waals surface area contributed by atoms with Gasteiger partial charge in [0.15, 0.2) is 0 Å². The van der Waals surface area contributed by atoms with Gasteiger partial charge >= 0.3 is 0 Å². The van der Waals surface area contributed by atoms with Crippen LogP contribution in [0.25, 0.3) is 0 Å². The van der Waals surface area contributed by atoms with Crippen molar-refractivity contribution in [1.29, 1.82) is 0 Å². The number of nitrogens with zero attached hydrogens (tertiary/aromatic N) is 1. The number of aromatic nitrogens is 1. The van der Waals surface area contributed by atoms with Gasteiger partial charge in [-0.25, -0.2) is 0 Å². The summed E-state index contributed by atoms with van der Waals surface area (Å²) >= 11 is 0. The van der Waals surface area contributed by atoms with Gasteiger partial charge in [-0.2, -0.15) is 0 Å². The number of carbonyl (C=O) groups is 1. The van der Waals surface area contributed by atoms with Crippen LogP contribution in [-0.4, -0.2) is 23.1 Å². The minimum Gasteiger partial charge on any atom is -0.325 e. The lowest BCUT2D eigenvalue weighted by Crippen LogP contribution is -2.24. The fraction of sp³-hybridized carbons (Fsp3) is 0.571. The fourth-order valence-electron chi connectivity index (χ4n) is 2.38. The van der Waals surface area contributed by atoms with E-state index < -0.39 is 0 Å². The summed E-state index contributed by atoms with van der Waals surface area (Å²) in [4.78, 5) is 23.3. The van der Waals surface area contributed by atoms with E-state index in [1.165, 1.54) is 12.5 Å². The Morgan fingerprint density at radius 1 is 1.50 bits per heavy atom. The van der Waals surface area contributed by atoms with Crippen LogP contribution in [0.1, 0.15) is 32.6 Å². The maximum atomic E-state index is 11.8. The highest BCUT2D eigenvalue weighted by atomic mass is 35.5. The number of halogens is 1. The number of anilines is 1. The van der Waals surface area contributed by atoms with E-state index in [0.29, 0.717) is 24.7 Å². The van der Waals surface area contributed by atoms with Crippen molar-refractivity contribution < 1.29 is 4.79 Å². The van der Waals surface area contributed by atoms with Gasteiger partial charge in [0.1, 0.15) is 0 Å². The first-order valence-corrected chi connectivity index (χ1v) is 6.93. The number of pyridine rings is 1. The largest absolute Gasteiger partial charge is 0.325 e. The lowest BCUT2D eigenvalue weighted by atomic mass is 10.1. The summed E-state index contributed by atoms with van der Waals surface area (Å²) in [5, 5.41) is 6.22. The Morgan fingerprint density at radius 2 is 2.30 bits per heavy atom. The predicted octanol–water partition coefficient (Wildman–Crippen LogP) is 1.76. The molecule has 2 rings (SSSR count). The Kier molecular flexibility index (Phi) is 6.75. The number of aryl methyl sites for hydroxylation is 1. The van der Waals surface area contributed by atoms with Crippen molar-refractivity contribution in [2.75, 3.05) is 11.9 Å². The van der Waals surface area contributed by atoms with Crippen LogP contribution in [0.2, 0.25) is 0 Å². The quantitative estimate of drug-likeness (QED) is 0.871. The van der Waals surface area contributed by atoms with E-state index >= 15 is 0 Å². The van der Waals surface area contributed by atoms with Crippen LogP contribution in [0.5, 0.6) is 0 Å². The number of amides is 1. The van der Waals surface area contributed by atoms with E-state index in [2.05, 4.69) is 10.6 Å². The third kappa shape index (κ3) is 4.65. The third-order valence-electron chi connectivity index (χ3n) is 3.49. The van der Waals surface area contributed by atoms with E-state index in [9.17, 15) is 9.59 Å². The van der Waals surface area contributed by atoms with E-state index in [-0.39, 0.29) is 23.9 Å². The van der Waals surface area contributed by atoms with Crippen molar-refractivity contribution in [3.63, 3.8) is 0 Å². The van der Waals surface area contributed by atoms with Crippen LogP contribution in [0.3, 0.4) is 0 Å². The zero-order chi connectivity index (χ0) is 13.7. The lowest BCUT2D eigenvalue weighted by molar-refractivity contribution is -0.116. The molecule has 1 amide bonds. The first kappa shape index (κ1) is 16.7. The SMILES string of the molecule is CCn1cc(NC(=O)CCC2CCCN2)ccc1=O.Cl. The van der Waals surface area contributed by atoms with Crippen molar-refractivity contribution in [2.45, 2.75) is 45.2 Å². The van der Waals surface area contributed by atoms with Crippen LogP contribution in [0.15, 0.2) is 23.1 Å². The van der Waals surface area contributed by atoms with E-state index in [4.69, 9.17) is 0 Å². The second-order valence-electron chi connectivity index (χ2n) is 4.92. The molecule has 112 valence electrons. The topological polar surface area (TPSA) is 63.1 Å². The number of nitrogens with one attached hydrogen (secondary N) is 2. The van der Waals surface area contributed by atoms with Crippen molar-refractivity contribution >= 4 is 24.0 Å². The first-order chi connectivity index (χ1) is 9.19. The van der Waals surface area contributed by atoms with Crippen molar-refractivity contribution in [1.82, 2.24) is 9.88 Å². The second-order valence-corrected chi connectivity index (χ2v) is 4.92. The van der Waals surface area contributed by atoms with Gasteiger partial charge in [0, 0.05) is 31.3 Å². The molecule has 1 unspecified atom stereocenters. The van der Waals surface area contributed by atoms with Crippen molar-refractivity contribution in [3.8, 4) is 0 Å². The van der Waals surface area contributed by atoms with E-state index in [1.807, 2.05) is 6.92 Å². The van der Waals surface area contributed by atoms with Crippen LogP contribution in [0, 0.1) is 0 Å². The summed E-state index contributed by atoms with van der Waals surface area (Å²) in [7, 11) is 0. The third-order valence-corrected chi connectivity index (χ3v) is 3.49. The minimum atomic E-state index is -0.0457. The molecule has 0 aliphatic carbocycles. The number of hydrogen-bond donors (Lipinski definition) is 2. The summed E-state index contributed by atoms with van der Waals surface area (Å²) in [5.41, 5.74) is 0.640. The molecule has 0 radical (unpaired) electrons. The van der Waals surface area contributed by atoms with Crippen LogP contribution in [-0.2, 0) is 11.3 Å². The number of carbonyl (C=O) groups excluding carboxylic acids is 1. The molecule has 0 spiro atoms. The second kappa shape index (κ2) is 8.07. The molecule has 0 aromatic carbocycles. The monoisotopic (exact) mass is 299 g/mol. The molecule has 1 fully saturated rings. The highest BCUT2D eigenvalue weighted by Gasteiger charge is 2.15. The predicted molar refractivity (Wildman–Crippen MR) is 82.5 cm³/mol. The maximum Gasteiger partial charge on any atom is 0.250 e. The average Bonchev–Trinajstić information content (AvgIpc) is 2.92. The van der Waals surface area contributed by atoms with Crippen LogP contribution >= 0.6 is 12.4 Å². The molecule has 1 aromatic heterocycles. The van der Waals surface area contributed by atoms with Gasteiger partial charge in [0.25, 0.3) is 5.56 Å². The molecule has 1 atom stereocenters. The molecular formula is C14H22ClN3O2. The fourth-order valence-corrected chi connectivity index (χ4v) is 2.38. The van der Waals surface area contributed by atoms with Crippen LogP contribution < -0.4 is 16.2 Å². The molecule has 1 aliphatic heterocycles. The zero-order valence-electron chi connectivity index (χ0n) is 11.7. The van der Waals surface area contributed by atoms with Gasteiger partial charge in [-0.15, -0.1) is 12.4 Å². The molecule has 0 saturated carbocycles. The summed E-state index contributed by atoms with van der Waals surface area (Å²) < 4.78 is 1.58. The van der Waals surface area contributed by atoms with Gasteiger partial charge in [-0.3, -0.25) is 9.59 Å². The maximum absolute atomic E-state index is 11.8. The lowest BCUT2D eigenvalue weighted by Gasteiger charge is -2.11. The normalized spacial score (nSPS) is 17.6.